The maximum absolute atomic E-state index is 13.1. The molecule has 0 saturated carbocycles. The van der Waals surface area contributed by atoms with E-state index in [4.69, 9.17) is 4.42 Å². The molecule has 0 radical (unpaired) electrons. The van der Waals surface area contributed by atoms with Crippen LogP contribution in [0.15, 0.2) is 94.6 Å². The summed E-state index contributed by atoms with van der Waals surface area (Å²) >= 11 is 1.16. The van der Waals surface area contributed by atoms with Crippen molar-refractivity contribution in [2.75, 3.05) is 5.75 Å². The first kappa shape index (κ1) is 20.8. The minimum atomic E-state index is -0.335. The number of thioether (sulfide) groups is 1. The number of benzene rings is 3. The third kappa shape index (κ3) is 5.79. The molecule has 4 rings (SSSR count). The molecule has 1 N–H and O–H groups in total. The lowest BCUT2D eigenvalue weighted by molar-refractivity contribution is -0.119. The van der Waals surface area contributed by atoms with Gasteiger partial charge in [-0.1, -0.05) is 72.4 Å². The SMILES string of the molecule is O=C(CSc1nnc(-c2ccc(F)cc2)o1)N[C@H](Cc1ccccc1)c1ccccc1. The first-order chi connectivity index (χ1) is 15.2. The number of rotatable bonds is 8. The highest BCUT2D eigenvalue weighted by molar-refractivity contribution is 7.99. The Kier molecular flexibility index (Phi) is 6.74. The maximum Gasteiger partial charge on any atom is 0.277 e. The van der Waals surface area contributed by atoms with Gasteiger partial charge < -0.3 is 9.73 Å². The lowest BCUT2D eigenvalue weighted by Gasteiger charge is -2.19. The standard InChI is InChI=1S/C24H20FN3O2S/c25-20-13-11-19(12-14-20)23-27-28-24(30-23)31-16-22(29)26-21(18-9-5-2-6-10-18)15-17-7-3-1-4-8-17/h1-14,21H,15-16H2,(H,26,29)/t21-/m1/s1. The van der Waals surface area contributed by atoms with Crippen molar-refractivity contribution in [3.63, 3.8) is 0 Å². The van der Waals surface area contributed by atoms with Crippen molar-refractivity contribution in [1.82, 2.24) is 15.5 Å². The van der Waals surface area contributed by atoms with E-state index in [1.54, 1.807) is 12.1 Å². The Balaban J connectivity index is 1.38. The van der Waals surface area contributed by atoms with Crippen LogP contribution in [0.2, 0.25) is 0 Å². The average Bonchev–Trinajstić information content (AvgIpc) is 3.28. The van der Waals surface area contributed by atoms with E-state index in [-0.39, 0.29) is 34.6 Å². The van der Waals surface area contributed by atoms with Crippen molar-refractivity contribution >= 4 is 17.7 Å². The van der Waals surface area contributed by atoms with Crippen molar-refractivity contribution in [3.05, 3.63) is 102 Å². The predicted octanol–water partition coefficient (Wildman–Crippen LogP) is 5.07. The summed E-state index contributed by atoms with van der Waals surface area (Å²) in [6.07, 6.45) is 0.691. The lowest BCUT2D eigenvalue weighted by atomic mass is 9.99. The van der Waals surface area contributed by atoms with E-state index >= 15 is 0 Å². The van der Waals surface area contributed by atoms with Crippen LogP contribution in [0.25, 0.3) is 11.5 Å². The summed E-state index contributed by atoms with van der Waals surface area (Å²) in [7, 11) is 0. The van der Waals surface area contributed by atoms with Crippen LogP contribution in [0.3, 0.4) is 0 Å². The highest BCUT2D eigenvalue weighted by Gasteiger charge is 2.17. The molecule has 1 aromatic heterocycles. The van der Waals surface area contributed by atoms with Crippen LogP contribution < -0.4 is 5.32 Å². The fourth-order valence-corrected chi connectivity index (χ4v) is 3.70. The molecule has 31 heavy (non-hydrogen) atoms. The molecule has 0 saturated heterocycles. The minimum Gasteiger partial charge on any atom is -0.411 e. The van der Waals surface area contributed by atoms with E-state index in [2.05, 4.69) is 15.5 Å². The summed E-state index contributed by atoms with van der Waals surface area (Å²) in [5.74, 6) is -0.0353. The number of hydrogen-bond acceptors (Lipinski definition) is 5. The van der Waals surface area contributed by atoms with E-state index in [9.17, 15) is 9.18 Å². The normalized spacial score (nSPS) is 11.8. The predicted molar refractivity (Wildman–Crippen MR) is 118 cm³/mol. The van der Waals surface area contributed by atoms with E-state index < -0.39 is 0 Å². The molecular weight excluding hydrogens is 413 g/mol. The number of carbonyl (C=O) groups excluding carboxylic acids is 1. The highest BCUT2D eigenvalue weighted by Crippen LogP contribution is 2.24. The molecule has 1 heterocycles. The molecule has 5 nitrogen and oxygen atoms in total. The Labute approximate surface area is 183 Å². The van der Waals surface area contributed by atoms with Crippen LogP contribution >= 0.6 is 11.8 Å². The van der Waals surface area contributed by atoms with Crippen LogP contribution in [-0.2, 0) is 11.2 Å². The Morgan fingerprint density at radius 1 is 0.935 bits per heavy atom. The first-order valence-corrected chi connectivity index (χ1v) is 10.8. The Bertz CT molecular complexity index is 1120. The topological polar surface area (TPSA) is 68.0 Å². The van der Waals surface area contributed by atoms with E-state index in [0.29, 0.717) is 12.0 Å². The average molecular weight is 434 g/mol. The number of nitrogens with zero attached hydrogens (tertiary/aromatic N) is 2. The summed E-state index contributed by atoms with van der Waals surface area (Å²) in [6.45, 7) is 0. The van der Waals surface area contributed by atoms with E-state index in [1.807, 2.05) is 60.7 Å². The van der Waals surface area contributed by atoms with Gasteiger partial charge in [-0.25, -0.2) is 4.39 Å². The van der Waals surface area contributed by atoms with Gasteiger partial charge in [0, 0.05) is 5.56 Å². The van der Waals surface area contributed by atoms with Crippen molar-refractivity contribution in [2.24, 2.45) is 0 Å². The zero-order chi connectivity index (χ0) is 21.5. The quantitative estimate of drug-likeness (QED) is 0.393. The molecule has 0 fully saturated rings. The molecule has 3 aromatic carbocycles. The molecule has 0 bridgehead atoms. The molecule has 0 aliphatic rings. The van der Waals surface area contributed by atoms with Gasteiger partial charge in [-0.2, -0.15) is 0 Å². The van der Waals surface area contributed by atoms with Crippen LogP contribution in [0.1, 0.15) is 17.2 Å². The second-order valence-electron chi connectivity index (χ2n) is 6.89. The molecule has 4 aromatic rings. The number of nitrogens with one attached hydrogen (secondary N) is 1. The van der Waals surface area contributed by atoms with Gasteiger partial charge in [-0.05, 0) is 41.8 Å². The fourth-order valence-electron chi connectivity index (χ4n) is 3.13. The maximum atomic E-state index is 13.1. The van der Waals surface area contributed by atoms with Crippen molar-refractivity contribution in [2.45, 2.75) is 17.7 Å². The Morgan fingerprint density at radius 3 is 2.32 bits per heavy atom. The molecule has 156 valence electrons. The number of amides is 1. The smallest absolute Gasteiger partial charge is 0.277 e. The van der Waals surface area contributed by atoms with Gasteiger partial charge in [0.15, 0.2) is 0 Å². The van der Waals surface area contributed by atoms with Gasteiger partial charge in [0.2, 0.25) is 11.8 Å². The fraction of sp³-hybridized carbons (Fsp3) is 0.125. The molecule has 0 aliphatic heterocycles. The number of aromatic nitrogens is 2. The van der Waals surface area contributed by atoms with Gasteiger partial charge >= 0.3 is 0 Å². The Morgan fingerprint density at radius 2 is 1.61 bits per heavy atom. The molecule has 7 heteroatoms. The number of hydrogen-bond donors (Lipinski definition) is 1. The van der Waals surface area contributed by atoms with Gasteiger partial charge in [0.1, 0.15) is 5.82 Å². The lowest BCUT2D eigenvalue weighted by Crippen LogP contribution is -2.31. The van der Waals surface area contributed by atoms with Crippen molar-refractivity contribution in [1.29, 1.82) is 0 Å². The summed E-state index contributed by atoms with van der Waals surface area (Å²) in [6, 6.07) is 25.6. The highest BCUT2D eigenvalue weighted by atomic mass is 32.2. The summed E-state index contributed by atoms with van der Waals surface area (Å²) in [4.78, 5) is 12.6. The summed E-state index contributed by atoms with van der Waals surface area (Å²) in [5.41, 5.74) is 2.81. The molecular formula is C24H20FN3O2S. The van der Waals surface area contributed by atoms with Gasteiger partial charge in [-0.3, -0.25) is 4.79 Å². The first-order valence-electron chi connectivity index (χ1n) is 9.78. The third-order valence-corrected chi connectivity index (χ3v) is 5.46. The van der Waals surface area contributed by atoms with Crippen LogP contribution in [0.4, 0.5) is 4.39 Å². The molecule has 1 amide bonds. The second kappa shape index (κ2) is 10.0. The molecule has 0 unspecified atom stereocenters. The molecule has 0 aliphatic carbocycles. The van der Waals surface area contributed by atoms with Crippen molar-refractivity contribution in [3.8, 4) is 11.5 Å². The number of halogens is 1. The zero-order valence-electron chi connectivity index (χ0n) is 16.6. The zero-order valence-corrected chi connectivity index (χ0v) is 17.4. The minimum absolute atomic E-state index is 0.128. The van der Waals surface area contributed by atoms with E-state index in [1.165, 1.54) is 12.1 Å². The van der Waals surface area contributed by atoms with Crippen molar-refractivity contribution < 1.29 is 13.6 Å². The third-order valence-electron chi connectivity index (χ3n) is 4.64. The largest absolute Gasteiger partial charge is 0.411 e. The summed E-state index contributed by atoms with van der Waals surface area (Å²) < 4.78 is 18.6. The van der Waals surface area contributed by atoms with Crippen LogP contribution in [-0.4, -0.2) is 21.9 Å². The second-order valence-corrected chi connectivity index (χ2v) is 7.82. The van der Waals surface area contributed by atoms with Gasteiger partial charge in [-0.15, -0.1) is 10.2 Å². The molecule has 1 atom stereocenters. The number of carbonyl (C=O) groups is 1. The van der Waals surface area contributed by atoms with Gasteiger partial charge in [0.25, 0.3) is 5.22 Å². The van der Waals surface area contributed by atoms with Crippen LogP contribution in [0, 0.1) is 5.82 Å². The Hall–Kier alpha value is -3.45. The molecule has 0 spiro atoms. The monoisotopic (exact) mass is 433 g/mol. The van der Waals surface area contributed by atoms with E-state index in [0.717, 1.165) is 22.9 Å². The summed E-state index contributed by atoms with van der Waals surface area (Å²) in [5, 5.41) is 11.3. The van der Waals surface area contributed by atoms with Crippen LogP contribution in [0.5, 0.6) is 0 Å². The van der Waals surface area contributed by atoms with Gasteiger partial charge in [0.05, 0.1) is 11.8 Å².